The van der Waals surface area contributed by atoms with Crippen molar-refractivity contribution in [2.75, 3.05) is 13.1 Å². The van der Waals surface area contributed by atoms with Crippen LogP contribution in [0, 0.1) is 6.92 Å². The fourth-order valence-electron chi connectivity index (χ4n) is 3.72. The van der Waals surface area contributed by atoms with Gasteiger partial charge in [-0.2, -0.15) is 0 Å². The fraction of sp³-hybridized carbons (Fsp3) is 0.241. The summed E-state index contributed by atoms with van der Waals surface area (Å²) < 4.78 is 0. The van der Waals surface area contributed by atoms with Crippen LogP contribution in [0.5, 0.6) is 0 Å². The highest BCUT2D eigenvalue weighted by atomic mass is 16.4. The third-order valence-electron chi connectivity index (χ3n) is 5.79. The van der Waals surface area contributed by atoms with Gasteiger partial charge in [-0.1, -0.05) is 84.4 Å². The highest BCUT2D eigenvalue weighted by Crippen LogP contribution is 2.23. The maximum atomic E-state index is 12.4. The van der Waals surface area contributed by atoms with Crippen molar-refractivity contribution in [1.29, 1.82) is 0 Å². The Hall–Kier alpha value is -4.66. The molecular weight excluding hydrogens is 484 g/mol. The summed E-state index contributed by atoms with van der Waals surface area (Å²) in [7, 11) is 0. The van der Waals surface area contributed by atoms with Crippen molar-refractivity contribution in [3.05, 3.63) is 95.6 Å². The monoisotopic (exact) mass is 516 g/mol. The van der Waals surface area contributed by atoms with Gasteiger partial charge in [0.25, 0.3) is 0 Å². The molecule has 0 aliphatic rings. The van der Waals surface area contributed by atoms with Crippen molar-refractivity contribution >= 4 is 23.8 Å². The van der Waals surface area contributed by atoms with Crippen molar-refractivity contribution < 1.29 is 24.3 Å². The molecule has 9 nitrogen and oxygen atoms in total. The molecule has 3 aromatic carbocycles. The van der Waals surface area contributed by atoms with Crippen molar-refractivity contribution in [1.82, 2.24) is 21.3 Å². The molecule has 1 unspecified atom stereocenters. The molecule has 198 valence electrons. The average molecular weight is 517 g/mol. The van der Waals surface area contributed by atoms with E-state index in [4.69, 9.17) is 0 Å². The molecule has 0 saturated heterocycles. The van der Waals surface area contributed by atoms with Crippen LogP contribution < -0.4 is 21.3 Å². The second-order valence-electron chi connectivity index (χ2n) is 8.83. The molecule has 0 spiro atoms. The van der Waals surface area contributed by atoms with Gasteiger partial charge in [0.15, 0.2) is 0 Å². The number of urea groups is 1. The molecule has 3 rings (SSSR count). The molecule has 0 aromatic heterocycles. The molecule has 0 bridgehead atoms. The van der Waals surface area contributed by atoms with Crippen LogP contribution in [-0.2, 0) is 20.9 Å². The molecule has 0 aliphatic carbocycles. The molecule has 0 aliphatic heterocycles. The quantitative estimate of drug-likeness (QED) is 0.252. The number of hydrogen-bond donors (Lipinski definition) is 5. The van der Waals surface area contributed by atoms with E-state index in [2.05, 4.69) is 21.3 Å². The third-order valence-corrected chi connectivity index (χ3v) is 5.79. The lowest BCUT2D eigenvalue weighted by atomic mass is 9.99. The summed E-state index contributed by atoms with van der Waals surface area (Å²) in [5, 5.41) is 19.8. The van der Waals surface area contributed by atoms with Crippen LogP contribution >= 0.6 is 0 Å². The zero-order valence-corrected chi connectivity index (χ0v) is 21.2. The van der Waals surface area contributed by atoms with Gasteiger partial charge in [0.1, 0.15) is 0 Å². The summed E-state index contributed by atoms with van der Waals surface area (Å²) in [5.74, 6) is -1.99. The van der Waals surface area contributed by atoms with Gasteiger partial charge >= 0.3 is 12.0 Å². The Morgan fingerprint density at radius 3 is 2.08 bits per heavy atom. The largest absolute Gasteiger partial charge is 0.481 e. The Labute approximate surface area is 221 Å². The highest BCUT2D eigenvalue weighted by Gasteiger charge is 2.18. The van der Waals surface area contributed by atoms with E-state index in [-0.39, 0.29) is 25.9 Å². The van der Waals surface area contributed by atoms with Gasteiger partial charge in [-0.25, -0.2) is 4.79 Å². The second kappa shape index (κ2) is 14.2. The van der Waals surface area contributed by atoms with E-state index in [0.717, 1.165) is 22.3 Å². The Bertz CT molecular complexity index is 1230. The summed E-state index contributed by atoms with van der Waals surface area (Å²) in [4.78, 5) is 47.8. The first-order chi connectivity index (χ1) is 18.3. The predicted octanol–water partition coefficient (Wildman–Crippen LogP) is 3.30. The van der Waals surface area contributed by atoms with E-state index in [1.807, 2.05) is 73.7 Å². The lowest BCUT2D eigenvalue weighted by molar-refractivity contribution is -0.138. The second-order valence-corrected chi connectivity index (χ2v) is 8.83. The zero-order chi connectivity index (χ0) is 27.3. The van der Waals surface area contributed by atoms with E-state index in [1.54, 1.807) is 12.1 Å². The molecule has 5 N–H and O–H groups in total. The van der Waals surface area contributed by atoms with Crippen LogP contribution in [-0.4, -0.2) is 42.0 Å². The van der Waals surface area contributed by atoms with Gasteiger partial charge < -0.3 is 26.4 Å². The predicted molar refractivity (Wildman–Crippen MR) is 144 cm³/mol. The van der Waals surface area contributed by atoms with Crippen molar-refractivity contribution in [2.24, 2.45) is 0 Å². The first-order valence-corrected chi connectivity index (χ1v) is 12.3. The van der Waals surface area contributed by atoms with Crippen molar-refractivity contribution in [3.8, 4) is 11.1 Å². The maximum absolute atomic E-state index is 12.4. The number of rotatable bonds is 12. The molecule has 0 saturated carbocycles. The summed E-state index contributed by atoms with van der Waals surface area (Å²) in [5.41, 5.74) is 4.74. The fourth-order valence-corrected chi connectivity index (χ4v) is 3.72. The van der Waals surface area contributed by atoms with Crippen LogP contribution in [0.2, 0.25) is 0 Å². The first-order valence-electron chi connectivity index (χ1n) is 12.3. The maximum Gasteiger partial charge on any atom is 0.315 e. The summed E-state index contributed by atoms with van der Waals surface area (Å²) >= 11 is 0. The average Bonchev–Trinajstić information content (AvgIpc) is 2.91. The summed E-state index contributed by atoms with van der Waals surface area (Å²) in [6.07, 6.45) is -0.309. The third kappa shape index (κ3) is 9.42. The van der Waals surface area contributed by atoms with Gasteiger partial charge in [0.2, 0.25) is 11.8 Å². The van der Waals surface area contributed by atoms with Crippen molar-refractivity contribution in [3.63, 3.8) is 0 Å². The molecule has 0 radical (unpaired) electrons. The molecule has 1 atom stereocenters. The number of carboxylic acids is 1. The molecule has 3 aromatic rings. The van der Waals surface area contributed by atoms with E-state index in [0.29, 0.717) is 12.1 Å². The Morgan fingerprint density at radius 1 is 0.763 bits per heavy atom. The highest BCUT2D eigenvalue weighted by molar-refractivity contribution is 5.85. The number of carbonyl (C=O) groups is 4. The standard InChI is InChI=1S/C29H32N4O5/c1-20-7-9-21(10-8-20)18-32-29(38)30-16-15-26(34)31-19-27(35)33-25(17-28(36)37)24-13-11-23(12-14-24)22-5-3-2-4-6-22/h2-14,25H,15-19H2,1H3,(H,31,34)(H,33,35)(H,36,37)(H2,30,32,38). The Balaban J connectivity index is 1.40. The molecular formula is C29H32N4O5. The van der Waals surface area contributed by atoms with Gasteiger partial charge in [0, 0.05) is 19.5 Å². The number of benzene rings is 3. The molecule has 0 heterocycles. The van der Waals surface area contributed by atoms with E-state index < -0.39 is 29.9 Å². The number of hydrogen-bond acceptors (Lipinski definition) is 4. The Kier molecular flexibility index (Phi) is 10.4. The van der Waals surface area contributed by atoms with E-state index in [9.17, 15) is 24.3 Å². The minimum atomic E-state index is -1.06. The smallest absolute Gasteiger partial charge is 0.315 e. The van der Waals surface area contributed by atoms with Crippen LogP contribution in [0.3, 0.4) is 0 Å². The topological polar surface area (TPSA) is 137 Å². The van der Waals surface area contributed by atoms with Crippen LogP contribution in [0.1, 0.15) is 35.6 Å². The number of aliphatic carboxylic acids is 1. The molecule has 0 fully saturated rings. The lowest BCUT2D eigenvalue weighted by Crippen LogP contribution is -2.41. The summed E-state index contributed by atoms with van der Waals surface area (Å²) in [6, 6.07) is 23.7. The van der Waals surface area contributed by atoms with Crippen LogP contribution in [0.4, 0.5) is 4.79 Å². The Morgan fingerprint density at radius 2 is 1.42 bits per heavy atom. The number of aryl methyl sites for hydroxylation is 1. The van der Waals surface area contributed by atoms with Crippen LogP contribution in [0.15, 0.2) is 78.9 Å². The molecule has 4 amide bonds. The number of nitrogens with one attached hydrogen (secondary N) is 4. The zero-order valence-electron chi connectivity index (χ0n) is 21.2. The van der Waals surface area contributed by atoms with Gasteiger partial charge in [0.05, 0.1) is 19.0 Å². The normalized spacial score (nSPS) is 11.2. The molecule has 9 heteroatoms. The first kappa shape index (κ1) is 27.9. The SMILES string of the molecule is Cc1ccc(CNC(=O)NCCC(=O)NCC(=O)NC(CC(=O)O)c2ccc(-c3ccccc3)cc2)cc1. The lowest BCUT2D eigenvalue weighted by Gasteiger charge is -2.18. The van der Waals surface area contributed by atoms with Gasteiger partial charge in [-0.05, 0) is 29.2 Å². The van der Waals surface area contributed by atoms with Gasteiger partial charge in [-0.3, -0.25) is 14.4 Å². The summed E-state index contributed by atoms with van der Waals surface area (Å²) in [6.45, 7) is 2.14. The number of carboxylic acid groups (broad SMARTS) is 1. The van der Waals surface area contributed by atoms with Crippen molar-refractivity contribution in [2.45, 2.75) is 32.4 Å². The minimum absolute atomic E-state index is 0.00919. The van der Waals surface area contributed by atoms with Crippen LogP contribution in [0.25, 0.3) is 11.1 Å². The van der Waals surface area contributed by atoms with E-state index in [1.165, 1.54) is 0 Å². The minimum Gasteiger partial charge on any atom is -0.481 e. The van der Waals surface area contributed by atoms with Gasteiger partial charge in [-0.15, -0.1) is 0 Å². The molecule has 38 heavy (non-hydrogen) atoms. The van der Waals surface area contributed by atoms with E-state index >= 15 is 0 Å². The number of carbonyl (C=O) groups excluding carboxylic acids is 3. The number of amides is 4.